The van der Waals surface area contributed by atoms with Crippen LogP contribution in [0, 0.1) is 0 Å². The minimum Gasteiger partial charge on any atom is -0.506 e. The summed E-state index contributed by atoms with van der Waals surface area (Å²) in [5.41, 5.74) is 2.60. The van der Waals surface area contributed by atoms with E-state index < -0.39 is 0 Å². The molecule has 0 aromatic heterocycles. The smallest absolute Gasteiger partial charge is 0.143 e. The summed E-state index contributed by atoms with van der Waals surface area (Å²) in [7, 11) is 0. The molecule has 2 aromatic carbocycles. The zero-order chi connectivity index (χ0) is 13.5. The second-order valence-corrected chi connectivity index (χ2v) is 4.46. The van der Waals surface area contributed by atoms with Gasteiger partial charge >= 0.3 is 0 Å². The number of benzene rings is 2. The molecule has 98 valence electrons. The number of phenolic OH excluding ortho intramolecular Hbond substituents is 1. The molecule has 0 aliphatic carbocycles. The normalized spacial score (nSPS) is 11.0. The Kier molecular flexibility index (Phi) is 4.67. The van der Waals surface area contributed by atoms with Gasteiger partial charge in [-0.1, -0.05) is 37.6 Å². The van der Waals surface area contributed by atoms with Gasteiger partial charge in [0, 0.05) is 0 Å². The van der Waals surface area contributed by atoms with E-state index in [1.165, 1.54) is 18.4 Å². The van der Waals surface area contributed by atoms with E-state index in [4.69, 9.17) is 0 Å². The van der Waals surface area contributed by atoms with Gasteiger partial charge in [0.05, 0.1) is 5.69 Å². The molecule has 0 aliphatic rings. The Morgan fingerprint density at radius 2 is 1.68 bits per heavy atom. The quantitative estimate of drug-likeness (QED) is 0.737. The molecule has 0 atom stereocenters. The van der Waals surface area contributed by atoms with Crippen LogP contribution in [-0.4, -0.2) is 5.11 Å². The number of para-hydroxylation sites is 1. The highest BCUT2D eigenvalue weighted by Gasteiger charge is 1.97. The van der Waals surface area contributed by atoms with Gasteiger partial charge in [0.15, 0.2) is 0 Å². The Morgan fingerprint density at radius 3 is 2.37 bits per heavy atom. The summed E-state index contributed by atoms with van der Waals surface area (Å²) in [5, 5.41) is 17.7. The first-order valence-corrected chi connectivity index (χ1v) is 6.58. The first-order chi connectivity index (χ1) is 9.29. The molecule has 0 unspecified atom stereocenters. The predicted molar refractivity (Wildman–Crippen MR) is 77.3 cm³/mol. The number of azo groups is 1. The summed E-state index contributed by atoms with van der Waals surface area (Å²) in [6, 6.07) is 15.0. The van der Waals surface area contributed by atoms with Gasteiger partial charge in [-0.15, -0.1) is 5.11 Å². The topological polar surface area (TPSA) is 45.0 Å². The molecule has 0 heterocycles. The summed E-state index contributed by atoms with van der Waals surface area (Å²) < 4.78 is 0. The fourth-order valence-electron chi connectivity index (χ4n) is 1.77. The fraction of sp³-hybridized carbons (Fsp3) is 0.250. The monoisotopic (exact) mass is 254 g/mol. The molecule has 0 bridgehead atoms. The SMILES string of the molecule is CCCCc1ccc(N=Nc2ccccc2O)cc1. The summed E-state index contributed by atoms with van der Waals surface area (Å²) in [4.78, 5) is 0. The highest BCUT2D eigenvalue weighted by molar-refractivity contribution is 5.50. The van der Waals surface area contributed by atoms with Gasteiger partial charge in [-0.25, -0.2) is 0 Å². The molecule has 3 nitrogen and oxygen atoms in total. The van der Waals surface area contributed by atoms with Crippen molar-refractivity contribution >= 4 is 11.4 Å². The van der Waals surface area contributed by atoms with Crippen LogP contribution < -0.4 is 0 Å². The molecular formula is C16H18N2O. The number of unbranched alkanes of at least 4 members (excludes halogenated alkanes) is 1. The van der Waals surface area contributed by atoms with Crippen molar-refractivity contribution in [1.82, 2.24) is 0 Å². The van der Waals surface area contributed by atoms with Crippen LogP contribution in [0.4, 0.5) is 11.4 Å². The van der Waals surface area contributed by atoms with Crippen molar-refractivity contribution in [1.29, 1.82) is 0 Å². The zero-order valence-corrected chi connectivity index (χ0v) is 11.1. The van der Waals surface area contributed by atoms with Crippen LogP contribution in [0.5, 0.6) is 5.75 Å². The molecule has 0 saturated carbocycles. The zero-order valence-electron chi connectivity index (χ0n) is 11.1. The van der Waals surface area contributed by atoms with E-state index in [0.717, 1.165) is 12.1 Å². The van der Waals surface area contributed by atoms with Crippen LogP contribution in [-0.2, 0) is 6.42 Å². The van der Waals surface area contributed by atoms with Crippen molar-refractivity contribution in [2.75, 3.05) is 0 Å². The minimum absolute atomic E-state index is 0.144. The number of aryl methyl sites for hydroxylation is 1. The average Bonchev–Trinajstić information content (AvgIpc) is 2.45. The fourth-order valence-corrected chi connectivity index (χ4v) is 1.77. The van der Waals surface area contributed by atoms with Crippen LogP contribution in [0.3, 0.4) is 0 Å². The molecule has 19 heavy (non-hydrogen) atoms. The number of nitrogens with zero attached hydrogens (tertiary/aromatic N) is 2. The second kappa shape index (κ2) is 6.69. The lowest BCUT2D eigenvalue weighted by molar-refractivity contribution is 0.476. The highest BCUT2D eigenvalue weighted by Crippen LogP contribution is 2.27. The predicted octanol–water partition coefficient (Wildman–Crippen LogP) is 5.15. The van der Waals surface area contributed by atoms with Gasteiger partial charge < -0.3 is 5.11 Å². The van der Waals surface area contributed by atoms with Crippen LogP contribution >= 0.6 is 0 Å². The van der Waals surface area contributed by atoms with Crippen LogP contribution in [0.2, 0.25) is 0 Å². The van der Waals surface area contributed by atoms with Crippen molar-refractivity contribution in [3.05, 3.63) is 54.1 Å². The number of aromatic hydroxyl groups is 1. The Labute approximate surface area is 113 Å². The Balaban J connectivity index is 2.05. The first kappa shape index (κ1) is 13.3. The lowest BCUT2D eigenvalue weighted by Crippen LogP contribution is -1.82. The molecule has 3 heteroatoms. The lowest BCUT2D eigenvalue weighted by atomic mass is 10.1. The molecule has 2 aromatic rings. The maximum atomic E-state index is 9.58. The highest BCUT2D eigenvalue weighted by atomic mass is 16.3. The van der Waals surface area contributed by atoms with Crippen LogP contribution in [0.25, 0.3) is 0 Å². The van der Waals surface area contributed by atoms with Crippen molar-refractivity contribution in [2.24, 2.45) is 10.2 Å². The summed E-state index contributed by atoms with van der Waals surface area (Å²) in [6.07, 6.45) is 3.51. The minimum atomic E-state index is 0.144. The van der Waals surface area contributed by atoms with E-state index in [1.54, 1.807) is 18.2 Å². The molecule has 0 saturated heterocycles. The van der Waals surface area contributed by atoms with Crippen LogP contribution in [0.1, 0.15) is 25.3 Å². The molecule has 0 radical (unpaired) electrons. The molecule has 0 amide bonds. The standard InChI is InChI=1S/C16H18N2O/c1-2-3-6-13-9-11-14(12-10-13)17-18-15-7-4-5-8-16(15)19/h4-5,7-12,19H,2-3,6H2,1H3. The summed E-state index contributed by atoms with van der Waals surface area (Å²) in [6.45, 7) is 2.19. The molecule has 2 rings (SSSR count). The first-order valence-electron chi connectivity index (χ1n) is 6.58. The number of hydrogen-bond donors (Lipinski definition) is 1. The maximum absolute atomic E-state index is 9.58. The van der Waals surface area contributed by atoms with Gasteiger partial charge in [0.25, 0.3) is 0 Å². The Hall–Kier alpha value is -2.16. The Bertz CT molecular complexity index is 547. The summed E-state index contributed by atoms with van der Waals surface area (Å²) in [5.74, 6) is 0.144. The van der Waals surface area contributed by atoms with Gasteiger partial charge in [-0.05, 0) is 42.7 Å². The average molecular weight is 254 g/mol. The maximum Gasteiger partial charge on any atom is 0.143 e. The Morgan fingerprint density at radius 1 is 0.947 bits per heavy atom. The van der Waals surface area contributed by atoms with Gasteiger partial charge in [0.2, 0.25) is 0 Å². The van der Waals surface area contributed by atoms with Crippen molar-refractivity contribution in [3.8, 4) is 5.75 Å². The van der Waals surface area contributed by atoms with Gasteiger partial charge in [-0.3, -0.25) is 0 Å². The van der Waals surface area contributed by atoms with E-state index >= 15 is 0 Å². The molecule has 0 fully saturated rings. The van der Waals surface area contributed by atoms with Gasteiger partial charge in [0.1, 0.15) is 11.4 Å². The van der Waals surface area contributed by atoms with Crippen molar-refractivity contribution in [3.63, 3.8) is 0 Å². The number of rotatable bonds is 5. The lowest BCUT2D eigenvalue weighted by Gasteiger charge is -2.00. The van der Waals surface area contributed by atoms with Crippen molar-refractivity contribution in [2.45, 2.75) is 26.2 Å². The van der Waals surface area contributed by atoms with E-state index in [9.17, 15) is 5.11 Å². The molecule has 1 N–H and O–H groups in total. The third-order valence-electron chi connectivity index (χ3n) is 2.91. The molecular weight excluding hydrogens is 236 g/mol. The molecule has 0 aliphatic heterocycles. The van der Waals surface area contributed by atoms with E-state index in [-0.39, 0.29) is 5.75 Å². The largest absolute Gasteiger partial charge is 0.506 e. The summed E-state index contributed by atoms with van der Waals surface area (Å²) >= 11 is 0. The van der Waals surface area contributed by atoms with E-state index in [2.05, 4.69) is 29.3 Å². The van der Waals surface area contributed by atoms with E-state index in [1.807, 2.05) is 18.2 Å². The number of phenols is 1. The van der Waals surface area contributed by atoms with Crippen LogP contribution in [0.15, 0.2) is 58.8 Å². The second-order valence-electron chi connectivity index (χ2n) is 4.46. The van der Waals surface area contributed by atoms with Crippen molar-refractivity contribution < 1.29 is 5.11 Å². The third-order valence-corrected chi connectivity index (χ3v) is 2.91. The third kappa shape index (κ3) is 3.91. The number of hydrogen-bond acceptors (Lipinski definition) is 3. The van der Waals surface area contributed by atoms with E-state index in [0.29, 0.717) is 5.69 Å². The van der Waals surface area contributed by atoms with Gasteiger partial charge in [-0.2, -0.15) is 5.11 Å². The molecule has 0 spiro atoms.